The van der Waals surface area contributed by atoms with Gasteiger partial charge in [0.2, 0.25) is 18.0 Å². The second kappa shape index (κ2) is 19.0. The Labute approximate surface area is 369 Å². The van der Waals surface area contributed by atoms with Crippen molar-refractivity contribution >= 4 is 39.5 Å². The average molecular weight is 999 g/mol. The molecule has 27 heteroatoms. The summed E-state index contributed by atoms with van der Waals surface area (Å²) in [5.74, 6) is -71.4. The fourth-order valence-electron chi connectivity index (χ4n) is 7.29. The Kier molecular flexibility index (Phi) is 13.9. The highest BCUT2D eigenvalue weighted by molar-refractivity contribution is 7.20. The largest absolute Gasteiger partial charge is 0.287 e. The summed E-state index contributed by atoms with van der Waals surface area (Å²) in [6, 6.07) is 15.3. The molecule has 0 aliphatic heterocycles. The number of hydrogen-bond donors (Lipinski definition) is 0. The molecule has 1 heterocycles. The first-order valence-corrected chi connectivity index (χ1v) is 18.2. The molecule has 0 aliphatic carbocycles. The van der Waals surface area contributed by atoms with Gasteiger partial charge in [0.15, 0.2) is 76.0 Å². The van der Waals surface area contributed by atoms with Crippen molar-refractivity contribution in [3.8, 4) is 11.3 Å². The van der Waals surface area contributed by atoms with Crippen molar-refractivity contribution in [2.45, 2.75) is 6.54 Å². The molecule has 0 unspecified atom stereocenters. The number of non-ortho nitro benzene ring substituents is 1. The highest BCUT2D eigenvalue weighted by Gasteiger charge is 2.52. The highest BCUT2D eigenvalue weighted by atomic mass is 19.2. The first kappa shape index (κ1) is 50.5. The van der Waals surface area contributed by atoms with Crippen molar-refractivity contribution in [2.75, 3.05) is 0 Å². The zero-order valence-corrected chi connectivity index (χ0v) is 32.8. The number of nitro groups is 1. The predicted molar refractivity (Wildman–Crippen MR) is 197 cm³/mol. The van der Waals surface area contributed by atoms with Gasteiger partial charge in [-0.25, -0.2) is 87.8 Å². The van der Waals surface area contributed by atoms with E-state index in [-0.39, 0.29) is 18.0 Å². The molecule has 358 valence electrons. The minimum Gasteiger partial charge on any atom is -0.287 e. The minimum absolute atomic E-state index is 0.00251. The summed E-state index contributed by atoms with van der Waals surface area (Å²) in [6.07, 6.45) is -2.35. The van der Waals surface area contributed by atoms with E-state index in [1.165, 1.54) is 12.1 Å². The molecule has 0 radical (unpaired) electrons. The lowest BCUT2D eigenvalue weighted by Gasteiger charge is -2.44. The molecular formula is C42H14BF20N3O3. The lowest BCUT2D eigenvalue weighted by atomic mass is 9.12. The SMILES string of the molecule is Fc1c(F)c(F)c([B-](c2c(F)c(F)c(F)c(F)c2F)(c2c(F)c(F)c(F)c(F)c2F)c2c(F)c(F)c(F)c(F)c2F)c(F)c1F.O=C(C[n+]1ccncc1-c1cccc([N+](=O)[O-])c1)c1ccccc1. The van der Waals surface area contributed by atoms with Gasteiger partial charge in [0, 0.05) is 17.7 Å². The summed E-state index contributed by atoms with van der Waals surface area (Å²) in [6.45, 7) is 0.130. The third-order valence-corrected chi connectivity index (χ3v) is 10.3. The van der Waals surface area contributed by atoms with Gasteiger partial charge >= 0.3 is 0 Å². The number of nitro benzene ring substituents is 1. The number of benzene rings is 6. The van der Waals surface area contributed by atoms with E-state index in [1.54, 1.807) is 47.4 Å². The third kappa shape index (κ3) is 8.23. The van der Waals surface area contributed by atoms with Crippen molar-refractivity contribution in [2.24, 2.45) is 0 Å². The summed E-state index contributed by atoms with van der Waals surface area (Å²) in [7, 11) is 0. The second-order valence-corrected chi connectivity index (χ2v) is 14.0. The first-order valence-electron chi connectivity index (χ1n) is 18.2. The van der Waals surface area contributed by atoms with Crippen LogP contribution in [0.2, 0.25) is 0 Å². The number of carbonyl (C=O) groups excluding carboxylic acids is 1. The Morgan fingerprint density at radius 3 is 1.14 bits per heavy atom. The molecule has 0 spiro atoms. The number of nitrogens with zero attached hydrogens (tertiary/aromatic N) is 3. The van der Waals surface area contributed by atoms with E-state index in [0.717, 1.165) is 0 Å². The number of hydrogen-bond acceptors (Lipinski definition) is 4. The van der Waals surface area contributed by atoms with Gasteiger partial charge in [0.1, 0.15) is 52.7 Å². The van der Waals surface area contributed by atoms with Crippen molar-refractivity contribution in [1.82, 2.24) is 4.98 Å². The number of rotatable bonds is 9. The van der Waals surface area contributed by atoms with E-state index < -0.39 is 149 Å². The molecule has 0 saturated heterocycles. The minimum atomic E-state index is -7.22. The van der Waals surface area contributed by atoms with Gasteiger partial charge in [0.25, 0.3) is 5.69 Å². The maximum absolute atomic E-state index is 15.4. The van der Waals surface area contributed by atoms with Gasteiger partial charge in [-0.2, -0.15) is 4.57 Å². The Morgan fingerprint density at radius 2 is 0.812 bits per heavy atom. The Bertz CT molecular complexity index is 2890. The molecule has 0 bridgehead atoms. The summed E-state index contributed by atoms with van der Waals surface area (Å²) >= 11 is 0. The van der Waals surface area contributed by atoms with Gasteiger partial charge in [0.05, 0.1) is 22.9 Å². The van der Waals surface area contributed by atoms with Crippen LogP contribution in [0.1, 0.15) is 10.4 Å². The molecule has 0 N–H and O–H groups in total. The predicted octanol–water partition coefficient (Wildman–Crippen LogP) is 8.67. The number of aromatic nitrogens is 2. The van der Waals surface area contributed by atoms with Crippen LogP contribution in [0.4, 0.5) is 93.5 Å². The maximum Gasteiger partial charge on any atom is 0.270 e. The quantitative estimate of drug-likeness (QED) is 0.0212. The first-order chi connectivity index (χ1) is 32.3. The van der Waals surface area contributed by atoms with Crippen LogP contribution in [0.3, 0.4) is 0 Å². The van der Waals surface area contributed by atoms with Crippen molar-refractivity contribution in [3.05, 3.63) is 205 Å². The zero-order valence-electron chi connectivity index (χ0n) is 32.8. The summed E-state index contributed by atoms with van der Waals surface area (Å²) in [5.41, 5.74) is -12.4. The Balaban J connectivity index is 0.000000273. The topological polar surface area (TPSA) is 77.0 Å². The van der Waals surface area contributed by atoms with Crippen LogP contribution < -0.4 is 26.4 Å². The average Bonchev–Trinajstić information content (AvgIpc) is 3.34. The smallest absolute Gasteiger partial charge is 0.270 e. The number of ketones is 1. The van der Waals surface area contributed by atoms with Crippen LogP contribution >= 0.6 is 0 Å². The van der Waals surface area contributed by atoms with Crippen LogP contribution in [0.15, 0.2) is 73.2 Å². The summed E-state index contributed by atoms with van der Waals surface area (Å²) in [5, 5.41) is 11.0. The highest BCUT2D eigenvalue weighted by Crippen LogP contribution is 2.31. The van der Waals surface area contributed by atoms with Crippen LogP contribution in [0.25, 0.3) is 11.3 Å². The van der Waals surface area contributed by atoms with Gasteiger partial charge in [-0.05, 0) is 6.07 Å². The third-order valence-electron chi connectivity index (χ3n) is 10.3. The fraction of sp³-hybridized carbons (Fsp3) is 0.0238. The van der Waals surface area contributed by atoms with Gasteiger partial charge < -0.3 is 0 Å². The molecule has 7 rings (SSSR count). The van der Waals surface area contributed by atoms with Crippen molar-refractivity contribution < 1.29 is 102 Å². The maximum atomic E-state index is 15.4. The molecule has 0 aliphatic rings. The molecule has 0 fully saturated rings. The molecular weight excluding hydrogens is 985 g/mol. The molecule has 0 saturated carbocycles. The summed E-state index contributed by atoms with van der Waals surface area (Å²) < 4.78 is 296. The van der Waals surface area contributed by atoms with Crippen molar-refractivity contribution in [3.63, 3.8) is 0 Å². The standard InChI is InChI=1S/C24BF20.C18H14N3O3/c26-5-1(6(27)14(35)21(42)13(5)34)25(2-7(28)15(36)22(43)16(37)8(2)29,3-9(30)17(38)23(44)18(39)10(3)31)4-11(32)19(40)24(45)20(41)12(4)33;22-18(14-5-2-1-3-6-14)13-20-10-9-19-12-17(20)15-7-4-8-16(11-15)21(23)24/h;1-12H,13H2/q-1;+1. The van der Waals surface area contributed by atoms with Crippen LogP contribution in [0.5, 0.6) is 0 Å². The van der Waals surface area contributed by atoms with E-state index >= 15 is 35.1 Å². The molecule has 69 heavy (non-hydrogen) atoms. The second-order valence-electron chi connectivity index (χ2n) is 14.0. The van der Waals surface area contributed by atoms with Gasteiger partial charge in [-0.15, -0.1) is 21.9 Å². The normalized spacial score (nSPS) is 11.4. The lowest BCUT2D eigenvalue weighted by Crippen LogP contribution is -2.81. The number of carbonyl (C=O) groups is 1. The van der Waals surface area contributed by atoms with E-state index in [2.05, 4.69) is 4.98 Å². The van der Waals surface area contributed by atoms with Crippen LogP contribution in [0, 0.1) is 126 Å². The van der Waals surface area contributed by atoms with E-state index in [4.69, 9.17) is 0 Å². The van der Waals surface area contributed by atoms with E-state index in [9.17, 15) is 67.6 Å². The Morgan fingerprint density at radius 1 is 0.478 bits per heavy atom. The molecule has 7 aromatic rings. The number of halogens is 20. The molecule has 1 aromatic heterocycles. The van der Waals surface area contributed by atoms with Gasteiger partial charge in [-0.3, -0.25) is 19.9 Å². The molecule has 6 aromatic carbocycles. The monoisotopic (exact) mass is 999 g/mol. The van der Waals surface area contributed by atoms with Crippen molar-refractivity contribution in [1.29, 1.82) is 0 Å². The molecule has 0 amide bonds. The van der Waals surface area contributed by atoms with E-state index in [0.29, 0.717) is 16.8 Å². The van der Waals surface area contributed by atoms with Crippen LogP contribution in [-0.4, -0.2) is 21.8 Å². The summed E-state index contributed by atoms with van der Waals surface area (Å²) in [4.78, 5) is 27.0. The lowest BCUT2D eigenvalue weighted by molar-refractivity contribution is -0.672. The van der Waals surface area contributed by atoms with Crippen LogP contribution in [-0.2, 0) is 6.54 Å². The fourth-order valence-corrected chi connectivity index (χ4v) is 7.29. The number of Topliss-reactive ketones (excluding diaryl/α,β-unsaturated/α-hetero) is 1. The zero-order chi connectivity index (χ0) is 51.3. The van der Waals surface area contributed by atoms with Gasteiger partial charge in [-0.1, -0.05) is 36.4 Å². The Hall–Kier alpha value is -7.87. The molecule has 6 nitrogen and oxygen atoms in total. The molecule has 0 atom stereocenters. The van der Waals surface area contributed by atoms with E-state index in [1.807, 2.05) is 18.2 Å².